The van der Waals surface area contributed by atoms with Gasteiger partial charge in [0.25, 0.3) is 5.91 Å². The molecule has 0 fully saturated rings. The molecule has 1 unspecified atom stereocenters. The molecule has 8 nitrogen and oxygen atoms in total. The lowest BCUT2D eigenvalue weighted by molar-refractivity contribution is 0.0844. The first-order valence-corrected chi connectivity index (χ1v) is 10.1. The number of hydrogen-bond donors (Lipinski definition) is 3. The molecule has 1 amide bonds. The monoisotopic (exact) mass is 436 g/mol. The molecule has 0 radical (unpaired) electrons. The van der Waals surface area contributed by atoms with Crippen molar-refractivity contribution in [3.05, 3.63) is 72.3 Å². The van der Waals surface area contributed by atoms with Crippen LogP contribution in [0.2, 0.25) is 0 Å². The number of aliphatic hydroxyl groups is 1. The quantitative estimate of drug-likeness (QED) is 0.473. The minimum absolute atomic E-state index is 0.0195. The summed E-state index contributed by atoms with van der Waals surface area (Å²) in [5.74, 6) is 2.26. The molecular formula is C24H24N2O6. The van der Waals surface area contributed by atoms with E-state index in [1.807, 2.05) is 36.4 Å². The molecule has 32 heavy (non-hydrogen) atoms. The summed E-state index contributed by atoms with van der Waals surface area (Å²) in [6, 6.07) is 19.8. The first-order valence-electron chi connectivity index (χ1n) is 10.1. The summed E-state index contributed by atoms with van der Waals surface area (Å²) in [6.45, 7) is 0.244. The Hall–Kier alpha value is -3.91. The summed E-state index contributed by atoms with van der Waals surface area (Å²) in [4.78, 5) is 12.7. The Morgan fingerprint density at radius 2 is 1.78 bits per heavy atom. The third kappa shape index (κ3) is 5.22. The van der Waals surface area contributed by atoms with E-state index in [9.17, 15) is 9.90 Å². The number of anilines is 2. The molecule has 166 valence electrons. The molecule has 0 spiro atoms. The van der Waals surface area contributed by atoms with Gasteiger partial charge in [0, 0.05) is 18.3 Å². The summed E-state index contributed by atoms with van der Waals surface area (Å²) in [5.41, 5.74) is 1.94. The average Bonchev–Trinajstić information content (AvgIpc) is 3.30. The maximum Gasteiger partial charge on any atom is 0.253 e. The molecule has 1 heterocycles. The van der Waals surface area contributed by atoms with Gasteiger partial charge in [-0.05, 0) is 48.5 Å². The second kappa shape index (κ2) is 9.93. The predicted octanol–water partition coefficient (Wildman–Crippen LogP) is 3.34. The lowest BCUT2D eigenvalue weighted by Crippen LogP contribution is -2.35. The highest BCUT2D eigenvalue weighted by Gasteiger charge is 2.16. The maximum atomic E-state index is 12.7. The molecular weight excluding hydrogens is 412 g/mol. The second-order valence-corrected chi connectivity index (χ2v) is 7.09. The van der Waals surface area contributed by atoms with Crippen molar-refractivity contribution in [2.24, 2.45) is 0 Å². The van der Waals surface area contributed by atoms with Crippen LogP contribution in [-0.4, -0.2) is 44.2 Å². The Morgan fingerprint density at radius 1 is 1.03 bits per heavy atom. The van der Waals surface area contributed by atoms with Crippen molar-refractivity contribution < 1.29 is 28.8 Å². The molecule has 0 saturated heterocycles. The summed E-state index contributed by atoms with van der Waals surface area (Å²) < 4.78 is 21.3. The molecule has 0 bridgehead atoms. The van der Waals surface area contributed by atoms with Gasteiger partial charge in [-0.1, -0.05) is 12.1 Å². The molecule has 3 aromatic rings. The van der Waals surface area contributed by atoms with E-state index in [-0.39, 0.29) is 25.9 Å². The minimum atomic E-state index is -0.883. The number of hydrogen-bond acceptors (Lipinski definition) is 7. The zero-order valence-corrected chi connectivity index (χ0v) is 17.5. The topological polar surface area (TPSA) is 98.3 Å². The summed E-state index contributed by atoms with van der Waals surface area (Å²) in [5, 5.41) is 16.2. The second-order valence-electron chi connectivity index (χ2n) is 7.09. The Bertz CT molecular complexity index is 1070. The van der Waals surface area contributed by atoms with Gasteiger partial charge < -0.3 is 34.7 Å². The van der Waals surface area contributed by atoms with Crippen LogP contribution in [0.3, 0.4) is 0 Å². The molecule has 1 aliphatic heterocycles. The first kappa shape index (κ1) is 21.3. The fourth-order valence-electron chi connectivity index (χ4n) is 3.14. The van der Waals surface area contributed by atoms with Gasteiger partial charge in [0.05, 0.1) is 18.4 Å². The van der Waals surface area contributed by atoms with Crippen LogP contribution >= 0.6 is 0 Å². The van der Waals surface area contributed by atoms with Gasteiger partial charge in [-0.2, -0.15) is 0 Å². The van der Waals surface area contributed by atoms with Gasteiger partial charge in [-0.3, -0.25) is 4.79 Å². The molecule has 8 heteroatoms. The van der Waals surface area contributed by atoms with Crippen LogP contribution in [0.25, 0.3) is 0 Å². The Balaban J connectivity index is 1.30. The molecule has 0 aliphatic carbocycles. The third-order valence-electron chi connectivity index (χ3n) is 4.83. The van der Waals surface area contributed by atoms with Crippen molar-refractivity contribution >= 4 is 17.3 Å². The molecule has 1 atom stereocenters. The summed E-state index contributed by atoms with van der Waals surface area (Å²) in [6.07, 6.45) is -0.883. The van der Waals surface area contributed by atoms with E-state index in [2.05, 4.69) is 10.6 Å². The number of ether oxygens (including phenoxy) is 4. The van der Waals surface area contributed by atoms with Crippen molar-refractivity contribution in [1.82, 2.24) is 5.32 Å². The Kier molecular flexibility index (Phi) is 6.62. The van der Waals surface area contributed by atoms with E-state index < -0.39 is 6.10 Å². The van der Waals surface area contributed by atoms with Gasteiger partial charge in [-0.25, -0.2) is 0 Å². The van der Waals surface area contributed by atoms with E-state index in [1.54, 1.807) is 37.4 Å². The van der Waals surface area contributed by atoms with Crippen LogP contribution in [-0.2, 0) is 0 Å². The number of rotatable bonds is 9. The van der Waals surface area contributed by atoms with E-state index in [0.29, 0.717) is 28.5 Å². The fraction of sp³-hybridized carbons (Fsp3) is 0.208. The maximum absolute atomic E-state index is 12.7. The average molecular weight is 436 g/mol. The van der Waals surface area contributed by atoms with Crippen LogP contribution < -0.4 is 29.6 Å². The highest BCUT2D eigenvalue weighted by atomic mass is 16.7. The minimum Gasteiger partial charge on any atom is -0.497 e. The number of carbonyl (C=O) groups excluding carboxylic acids is 1. The number of nitrogens with one attached hydrogen (secondary N) is 2. The number of amides is 1. The first-order chi connectivity index (χ1) is 15.6. The van der Waals surface area contributed by atoms with Crippen molar-refractivity contribution in [3.63, 3.8) is 0 Å². The fourth-order valence-corrected chi connectivity index (χ4v) is 3.14. The smallest absolute Gasteiger partial charge is 0.253 e. The molecule has 0 aromatic heterocycles. The van der Waals surface area contributed by atoms with Crippen molar-refractivity contribution in [1.29, 1.82) is 0 Å². The van der Waals surface area contributed by atoms with Gasteiger partial charge in [0.2, 0.25) is 6.79 Å². The number of fused-ring (bicyclic) bond motifs is 1. The van der Waals surface area contributed by atoms with Gasteiger partial charge >= 0.3 is 0 Å². The highest BCUT2D eigenvalue weighted by Crippen LogP contribution is 2.35. The lowest BCUT2D eigenvalue weighted by atomic mass is 10.1. The number of benzene rings is 3. The largest absolute Gasteiger partial charge is 0.497 e. The zero-order valence-electron chi connectivity index (χ0n) is 17.5. The number of carbonyl (C=O) groups is 1. The summed E-state index contributed by atoms with van der Waals surface area (Å²) in [7, 11) is 1.61. The number of methoxy groups -OCH3 is 1. The standard InChI is InChI=1S/C24H24N2O6/c1-29-18-8-6-16(7-9-18)26-21-5-3-2-4-20(21)24(28)25-13-17(27)14-30-19-10-11-22-23(12-19)32-15-31-22/h2-12,17,26-27H,13-15H2,1H3,(H,25,28). The van der Waals surface area contributed by atoms with Gasteiger partial charge in [0.15, 0.2) is 11.5 Å². The predicted molar refractivity (Wildman–Crippen MR) is 119 cm³/mol. The SMILES string of the molecule is COc1ccc(Nc2ccccc2C(=O)NCC(O)COc2ccc3c(c2)OCO3)cc1. The Morgan fingerprint density at radius 3 is 2.59 bits per heavy atom. The van der Waals surface area contributed by atoms with Crippen LogP contribution in [0.4, 0.5) is 11.4 Å². The molecule has 4 rings (SSSR count). The summed E-state index contributed by atoms with van der Waals surface area (Å²) >= 11 is 0. The highest BCUT2D eigenvalue weighted by molar-refractivity contribution is 6.00. The molecule has 3 aromatic carbocycles. The van der Waals surface area contributed by atoms with Crippen LogP contribution in [0.5, 0.6) is 23.0 Å². The number of aliphatic hydroxyl groups excluding tert-OH is 1. The van der Waals surface area contributed by atoms with E-state index >= 15 is 0 Å². The lowest BCUT2D eigenvalue weighted by Gasteiger charge is -2.15. The van der Waals surface area contributed by atoms with Gasteiger partial charge in [-0.15, -0.1) is 0 Å². The molecule has 3 N–H and O–H groups in total. The van der Waals surface area contributed by atoms with Crippen molar-refractivity contribution in [2.75, 3.05) is 32.4 Å². The number of para-hydroxylation sites is 1. The third-order valence-corrected chi connectivity index (χ3v) is 4.83. The van der Waals surface area contributed by atoms with E-state index in [0.717, 1.165) is 11.4 Å². The normalized spacial score (nSPS) is 12.7. The zero-order chi connectivity index (χ0) is 22.3. The van der Waals surface area contributed by atoms with Crippen LogP contribution in [0, 0.1) is 0 Å². The van der Waals surface area contributed by atoms with E-state index in [1.165, 1.54) is 0 Å². The van der Waals surface area contributed by atoms with Crippen molar-refractivity contribution in [2.45, 2.75) is 6.10 Å². The van der Waals surface area contributed by atoms with Crippen molar-refractivity contribution in [3.8, 4) is 23.0 Å². The molecule has 1 aliphatic rings. The molecule has 0 saturated carbocycles. The van der Waals surface area contributed by atoms with Crippen LogP contribution in [0.15, 0.2) is 66.7 Å². The van der Waals surface area contributed by atoms with Gasteiger partial charge in [0.1, 0.15) is 24.2 Å². The van der Waals surface area contributed by atoms with E-state index in [4.69, 9.17) is 18.9 Å². The Labute approximate surface area is 185 Å². The van der Waals surface area contributed by atoms with Crippen LogP contribution in [0.1, 0.15) is 10.4 Å².